The molecule has 0 fully saturated rings. The van der Waals surface area contributed by atoms with Crippen molar-refractivity contribution in [3.8, 4) is 44.9 Å². The van der Waals surface area contributed by atoms with Crippen molar-refractivity contribution in [2.45, 2.75) is 6.92 Å². The average molecular weight is 589 g/mol. The molecule has 0 aliphatic carbocycles. The van der Waals surface area contributed by atoms with Crippen LogP contribution in [0.4, 0.5) is 0 Å². The molecule has 0 atom stereocenters. The van der Waals surface area contributed by atoms with Crippen LogP contribution < -0.4 is 14.8 Å². The van der Waals surface area contributed by atoms with Gasteiger partial charge in [0.1, 0.15) is 0 Å². The van der Waals surface area contributed by atoms with Crippen molar-refractivity contribution in [3.05, 3.63) is 163 Å². The summed E-state index contributed by atoms with van der Waals surface area (Å²) < 4.78 is 13.9. The lowest BCUT2D eigenvalue weighted by molar-refractivity contribution is 0.521. The van der Waals surface area contributed by atoms with Crippen LogP contribution in [0.15, 0.2) is 158 Å². The second-order valence-corrected chi connectivity index (χ2v) is 12.0. The number of hydrogen-bond donors (Lipinski definition) is 0. The molecule has 216 valence electrons. The van der Waals surface area contributed by atoms with Gasteiger partial charge in [0.2, 0.25) is 0 Å². The van der Waals surface area contributed by atoms with E-state index in [1.807, 2.05) is 12.1 Å². The Hall–Kier alpha value is -5.80. The highest BCUT2D eigenvalue weighted by atomic mass is 16.6. The van der Waals surface area contributed by atoms with Gasteiger partial charge < -0.3 is 9.31 Å². The van der Waals surface area contributed by atoms with Gasteiger partial charge in [0.25, 0.3) is 0 Å². The number of benzene rings is 8. The molecule has 9 rings (SSSR count). The Bertz CT molecular complexity index is 2310. The van der Waals surface area contributed by atoms with Crippen LogP contribution in [-0.2, 0) is 0 Å². The first-order chi connectivity index (χ1) is 22.8. The molecule has 0 radical (unpaired) electrons. The van der Waals surface area contributed by atoms with Crippen LogP contribution in [0, 0.1) is 6.92 Å². The van der Waals surface area contributed by atoms with Gasteiger partial charge in [-0.2, -0.15) is 0 Å². The predicted molar refractivity (Wildman–Crippen MR) is 193 cm³/mol. The summed E-state index contributed by atoms with van der Waals surface area (Å²) in [6.07, 6.45) is 0. The zero-order valence-electron chi connectivity index (χ0n) is 25.4. The van der Waals surface area contributed by atoms with Crippen molar-refractivity contribution in [2.24, 2.45) is 0 Å². The molecule has 0 unspecified atom stereocenters. The fourth-order valence-electron chi connectivity index (χ4n) is 7.22. The van der Waals surface area contributed by atoms with E-state index in [1.165, 1.54) is 38.2 Å². The van der Waals surface area contributed by atoms with Gasteiger partial charge in [0.15, 0.2) is 11.5 Å². The first-order valence-electron chi connectivity index (χ1n) is 15.8. The van der Waals surface area contributed by atoms with Crippen LogP contribution in [0.3, 0.4) is 0 Å². The normalized spacial score (nSPS) is 12.3. The molecule has 8 aromatic rings. The van der Waals surface area contributed by atoms with Gasteiger partial charge in [0, 0.05) is 16.6 Å². The molecule has 3 heteroatoms. The fraction of sp³-hybridized carbons (Fsp3) is 0.0233. The molecule has 0 saturated carbocycles. The van der Waals surface area contributed by atoms with Gasteiger partial charge in [-0.25, -0.2) is 0 Å². The lowest BCUT2D eigenvalue weighted by Crippen LogP contribution is -2.40. The highest BCUT2D eigenvalue weighted by Crippen LogP contribution is 2.49. The largest absolute Gasteiger partial charge is 0.634 e. The van der Waals surface area contributed by atoms with Crippen molar-refractivity contribution >= 4 is 44.9 Å². The van der Waals surface area contributed by atoms with Crippen LogP contribution >= 0.6 is 0 Å². The summed E-state index contributed by atoms with van der Waals surface area (Å²) in [5.74, 6) is 1.55. The molecule has 0 aromatic heterocycles. The maximum Gasteiger partial charge on any atom is 0.634 e. The smallest absolute Gasteiger partial charge is 0.519 e. The Balaban J connectivity index is 1.30. The summed E-state index contributed by atoms with van der Waals surface area (Å²) in [5, 5.41) is 7.14. The third-order valence-corrected chi connectivity index (χ3v) is 9.35. The SMILES string of the molecule is Cc1ccc(-c2c3ccccc3c(B3Oc4c(-c5ccccc5)ccc(-c5ccccc5)c4O3)c3ccccc23)c2ccccc12. The minimum Gasteiger partial charge on any atom is -0.519 e. The van der Waals surface area contributed by atoms with E-state index < -0.39 is 7.12 Å². The van der Waals surface area contributed by atoms with Gasteiger partial charge in [-0.3, -0.25) is 0 Å². The summed E-state index contributed by atoms with van der Waals surface area (Å²) in [5.41, 5.74) is 9.02. The number of rotatable bonds is 4. The first-order valence-corrected chi connectivity index (χ1v) is 15.8. The van der Waals surface area contributed by atoms with Gasteiger partial charge in [-0.05, 0) is 79.2 Å². The first kappa shape index (κ1) is 26.6. The second-order valence-electron chi connectivity index (χ2n) is 12.0. The van der Waals surface area contributed by atoms with Crippen molar-refractivity contribution in [2.75, 3.05) is 0 Å². The van der Waals surface area contributed by atoms with Crippen LogP contribution in [0.25, 0.3) is 65.7 Å². The van der Waals surface area contributed by atoms with Crippen molar-refractivity contribution < 1.29 is 9.31 Å². The molecular weight excluding hydrogens is 559 g/mol. The molecule has 0 spiro atoms. The number of hydrogen-bond acceptors (Lipinski definition) is 2. The van der Waals surface area contributed by atoms with Crippen molar-refractivity contribution in [1.29, 1.82) is 0 Å². The monoisotopic (exact) mass is 588 g/mol. The molecule has 1 heterocycles. The van der Waals surface area contributed by atoms with Crippen LogP contribution in [0.5, 0.6) is 11.5 Å². The quantitative estimate of drug-likeness (QED) is 0.150. The van der Waals surface area contributed by atoms with Gasteiger partial charge >= 0.3 is 7.12 Å². The van der Waals surface area contributed by atoms with E-state index in [1.54, 1.807) is 0 Å². The average Bonchev–Trinajstić information content (AvgIpc) is 3.56. The van der Waals surface area contributed by atoms with E-state index in [4.69, 9.17) is 9.31 Å². The topological polar surface area (TPSA) is 18.5 Å². The van der Waals surface area contributed by atoms with Crippen molar-refractivity contribution in [1.82, 2.24) is 0 Å². The molecule has 0 N–H and O–H groups in total. The Kier molecular flexibility index (Phi) is 6.17. The lowest BCUT2D eigenvalue weighted by Gasteiger charge is -2.19. The molecule has 0 bridgehead atoms. The minimum absolute atomic E-state index is 0.624. The van der Waals surface area contributed by atoms with Gasteiger partial charge in [0.05, 0.1) is 0 Å². The molecule has 1 aliphatic rings. The molecule has 0 saturated heterocycles. The Morgan fingerprint density at radius 2 is 0.783 bits per heavy atom. The lowest BCUT2D eigenvalue weighted by atomic mass is 9.71. The third kappa shape index (κ3) is 4.13. The van der Waals surface area contributed by atoms with Gasteiger partial charge in [-0.1, -0.05) is 146 Å². The Labute approximate surface area is 268 Å². The second kappa shape index (κ2) is 10.7. The maximum absolute atomic E-state index is 6.97. The molecule has 1 aliphatic heterocycles. The summed E-state index contributed by atoms with van der Waals surface area (Å²) in [7, 11) is -0.624. The fourth-order valence-corrected chi connectivity index (χ4v) is 7.22. The Morgan fingerprint density at radius 3 is 1.30 bits per heavy atom. The number of aryl methyl sites for hydroxylation is 1. The summed E-state index contributed by atoms with van der Waals surface area (Å²) >= 11 is 0. The van der Waals surface area contributed by atoms with E-state index in [0.29, 0.717) is 0 Å². The minimum atomic E-state index is -0.624. The van der Waals surface area contributed by atoms with Crippen LogP contribution in [0.1, 0.15) is 5.56 Å². The highest BCUT2D eigenvalue weighted by Gasteiger charge is 2.40. The standard InChI is InChI=1S/C43H29BO2/c1-28-24-25-37(34-19-9-8-18-31(28)34)40-35-20-10-12-22-38(35)41(39-23-13-11-21-36(39)40)44-45-42-32(29-14-4-2-5-15-29)26-27-33(43(42)46-44)30-16-6-3-7-17-30/h2-27H,1H3. The Morgan fingerprint density at radius 1 is 0.370 bits per heavy atom. The van der Waals surface area contributed by atoms with E-state index in [9.17, 15) is 0 Å². The van der Waals surface area contributed by atoms with Crippen LogP contribution in [0.2, 0.25) is 0 Å². The van der Waals surface area contributed by atoms with Crippen LogP contribution in [-0.4, -0.2) is 7.12 Å². The van der Waals surface area contributed by atoms with Gasteiger partial charge in [-0.15, -0.1) is 0 Å². The van der Waals surface area contributed by atoms with Crippen molar-refractivity contribution in [3.63, 3.8) is 0 Å². The number of fused-ring (bicyclic) bond motifs is 4. The molecule has 46 heavy (non-hydrogen) atoms. The molecule has 2 nitrogen and oxygen atoms in total. The summed E-state index contributed by atoms with van der Waals surface area (Å²) in [4.78, 5) is 0. The van der Waals surface area contributed by atoms with E-state index in [0.717, 1.165) is 50.0 Å². The zero-order chi connectivity index (χ0) is 30.6. The third-order valence-electron chi connectivity index (χ3n) is 9.35. The molecule has 0 amide bonds. The summed E-state index contributed by atoms with van der Waals surface area (Å²) in [6.45, 7) is 2.19. The molecule has 8 aromatic carbocycles. The molecular formula is C43H29BO2. The van der Waals surface area contributed by atoms with E-state index >= 15 is 0 Å². The van der Waals surface area contributed by atoms with E-state index in [2.05, 4.69) is 153 Å². The summed E-state index contributed by atoms with van der Waals surface area (Å²) in [6, 6.07) is 55.8. The maximum atomic E-state index is 6.97. The predicted octanol–water partition coefficient (Wildman–Crippen LogP) is 10.6. The highest BCUT2D eigenvalue weighted by molar-refractivity contribution is 6.70. The zero-order valence-corrected chi connectivity index (χ0v) is 25.4. The van der Waals surface area contributed by atoms with E-state index in [-0.39, 0.29) is 0 Å².